The third kappa shape index (κ3) is 4.03. The van der Waals surface area contributed by atoms with Crippen LogP contribution in [0.15, 0.2) is 0 Å². The molecule has 0 atom stereocenters. The molecule has 1 aliphatic heterocycles. The number of hydrogen-bond donors (Lipinski definition) is 1. The van der Waals surface area contributed by atoms with Crippen LogP contribution in [0.4, 0.5) is 0 Å². The van der Waals surface area contributed by atoms with Crippen LogP contribution in [0, 0.1) is 5.92 Å². The summed E-state index contributed by atoms with van der Waals surface area (Å²) >= 11 is 0. The molecule has 0 spiro atoms. The number of nitrogens with zero attached hydrogens (tertiary/aromatic N) is 1. The molecule has 0 aromatic rings. The fourth-order valence-electron chi connectivity index (χ4n) is 2.06. The predicted molar refractivity (Wildman–Crippen MR) is 66.9 cm³/mol. The Kier molecular flexibility index (Phi) is 5.72. The molecule has 1 fully saturated rings. The zero-order valence-electron chi connectivity index (χ0n) is 10.4. The largest absolute Gasteiger partial charge is 0.316 e. The molecule has 0 bridgehead atoms. The van der Waals surface area contributed by atoms with Crippen molar-refractivity contribution in [3.8, 4) is 0 Å². The number of hydrogen-bond acceptors (Lipinski definition) is 3. The van der Waals surface area contributed by atoms with Crippen LogP contribution in [0.1, 0.15) is 33.1 Å². The Hall–Kier alpha value is -0.130. The minimum Gasteiger partial charge on any atom is -0.316 e. The van der Waals surface area contributed by atoms with Gasteiger partial charge in [-0.1, -0.05) is 6.92 Å². The van der Waals surface area contributed by atoms with Gasteiger partial charge < -0.3 is 5.32 Å². The lowest BCUT2D eigenvalue weighted by molar-refractivity contribution is 0.268. The number of piperidine rings is 1. The van der Waals surface area contributed by atoms with Gasteiger partial charge in [0.2, 0.25) is 10.0 Å². The zero-order chi connectivity index (χ0) is 12.0. The first-order valence-corrected chi connectivity index (χ1v) is 7.89. The van der Waals surface area contributed by atoms with E-state index >= 15 is 0 Å². The van der Waals surface area contributed by atoms with Crippen molar-refractivity contribution in [1.29, 1.82) is 0 Å². The molecule has 1 saturated heterocycles. The Morgan fingerprint density at radius 3 is 2.38 bits per heavy atom. The molecule has 0 amide bonds. The number of rotatable bonds is 6. The molecule has 0 aromatic heterocycles. The minimum atomic E-state index is -2.96. The van der Waals surface area contributed by atoms with Crippen molar-refractivity contribution in [2.45, 2.75) is 33.1 Å². The van der Waals surface area contributed by atoms with Gasteiger partial charge in [0.05, 0.1) is 5.75 Å². The van der Waals surface area contributed by atoms with E-state index in [1.165, 1.54) is 0 Å². The van der Waals surface area contributed by atoms with Crippen molar-refractivity contribution in [3.05, 3.63) is 0 Å². The molecule has 16 heavy (non-hydrogen) atoms. The highest BCUT2D eigenvalue weighted by Gasteiger charge is 2.26. The van der Waals surface area contributed by atoms with E-state index in [0.717, 1.165) is 32.4 Å². The van der Waals surface area contributed by atoms with E-state index in [-0.39, 0.29) is 5.75 Å². The van der Waals surface area contributed by atoms with E-state index < -0.39 is 10.0 Å². The summed E-state index contributed by atoms with van der Waals surface area (Å²) in [7, 11) is -2.96. The van der Waals surface area contributed by atoms with Crippen LogP contribution in [0.5, 0.6) is 0 Å². The monoisotopic (exact) mass is 248 g/mol. The van der Waals surface area contributed by atoms with Crippen LogP contribution >= 0.6 is 0 Å². The van der Waals surface area contributed by atoms with Gasteiger partial charge in [0.1, 0.15) is 0 Å². The van der Waals surface area contributed by atoms with E-state index in [9.17, 15) is 8.42 Å². The molecular formula is C11H24N2O2S. The first-order chi connectivity index (χ1) is 7.60. The standard InChI is InChI=1S/C11H24N2O2S/c1-3-7-12-10-11-5-8-13(9-6-11)16(14,15)4-2/h11-12H,3-10H2,1-2H3. The minimum absolute atomic E-state index is 0.228. The molecule has 1 rings (SSSR count). The second-order valence-electron chi connectivity index (χ2n) is 4.45. The van der Waals surface area contributed by atoms with Gasteiger partial charge >= 0.3 is 0 Å². The first-order valence-electron chi connectivity index (χ1n) is 6.28. The summed E-state index contributed by atoms with van der Waals surface area (Å²) in [6.07, 6.45) is 3.15. The van der Waals surface area contributed by atoms with Gasteiger partial charge in [-0.2, -0.15) is 0 Å². The molecule has 1 heterocycles. The summed E-state index contributed by atoms with van der Waals surface area (Å²) in [5, 5.41) is 3.40. The van der Waals surface area contributed by atoms with Gasteiger partial charge in [-0.15, -0.1) is 0 Å². The molecule has 4 nitrogen and oxygen atoms in total. The van der Waals surface area contributed by atoms with Crippen molar-refractivity contribution < 1.29 is 8.42 Å². The quantitative estimate of drug-likeness (QED) is 0.715. The van der Waals surface area contributed by atoms with Gasteiger partial charge in [-0.05, 0) is 45.2 Å². The Bertz CT molecular complexity index is 282. The van der Waals surface area contributed by atoms with Crippen molar-refractivity contribution in [3.63, 3.8) is 0 Å². The van der Waals surface area contributed by atoms with Gasteiger partial charge in [-0.25, -0.2) is 12.7 Å². The van der Waals surface area contributed by atoms with Gasteiger partial charge in [0.15, 0.2) is 0 Å². The fourth-order valence-corrected chi connectivity index (χ4v) is 3.19. The topological polar surface area (TPSA) is 49.4 Å². The lowest BCUT2D eigenvalue weighted by Crippen LogP contribution is -2.41. The molecular weight excluding hydrogens is 224 g/mol. The summed E-state index contributed by atoms with van der Waals surface area (Å²) in [6.45, 7) is 7.37. The molecule has 1 aliphatic rings. The number of nitrogens with one attached hydrogen (secondary N) is 1. The van der Waals surface area contributed by atoms with Crippen LogP contribution in [0.3, 0.4) is 0 Å². The third-order valence-corrected chi connectivity index (χ3v) is 5.07. The van der Waals surface area contributed by atoms with Crippen LogP contribution < -0.4 is 5.32 Å². The van der Waals surface area contributed by atoms with Crippen molar-refractivity contribution in [2.75, 3.05) is 31.9 Å². The van der Waals surface area contributed by atoms with Crippen molar-refractivity contribution in [2.24, 2.45) is 5.92 Å². The van der Waals surface area contributed by atoms with Gasteiger partial charge in [0, 0.05) is 13.1 Å². The zero-order valence-corrected chi connectivity index (χ0v) is 11.2. The number of sulfonamides is 1. The van der Waals surface area contributed by atoms with Crippen molar-refractivity contribution in [1.82, 2.24) is 9.62 Å². The maximum atomic E-state index is 11.6. The average molecular weight is 248 g/mol. The molecule has 96 valence electrons. The smallest absolute Gasteiger partial charge is 0.213 e. The van der Waals surface area contributed by atoms with Crippen LogP contribution in [0.25, 0.3) is 0 Å². The maximum Gasteiger partial charge on any atom is 0.213 e. The summed E-state index contributed by atoms with van der Waals surface area (Å²) < 4.78 is 24.9. The molecule has 5 heteroatoms. The Labute approximate surface area is 99.5 Å². The highest BCUT2D eigenvalue weighted by atomic mass is 32.2. The van der Waals surface area contributed by atoms with E-state index in [1.54, 1.807) is 11.2 Å². The molecule has 0 radical (unpaired) electrons. The third-order valence-electron chi connectivity index (χ3n) is 3.19. The van der Waals surface area contributed by atoms with E-state index in [1.807, 2.05) is 0 Å². The SMILES string of the molecule is CCCNCC1CCN(S(=O)(=O)CC)CC1. The summed E-state index contributed by atoms with van der Waals surface area (Å²) in [6, 6.07) is 0. The van der Waals surface area contributed by atoms with Crippen LogP contribution in [-0.4, -0.2) is 44.7 Å². The lowest BCUT2D eigenvalue weighted by atomic mass is 9.98. The Morgan fingerprint density at radius 1 is 1.25 bits per heavy atom. The highest BCUT2D eigenvalue weighted by Crippen LogP contribution is 2.19. The van der Waals surface area contributed by atoms with Gasteiger partial charge in [0.25, 0.3) is 0 Å². The highest BCUT2D eigenvalue weighted by molar-refractivity contribution is 7.89. The second kappa shape index (κ2) is 6.57. The molecule has 1 N–H and O–H groups in total. The first kappa shape index (κ1) is 13.9. The van der Waals surface area contributed by atoms with E-state index in [2.05, 4.69) is 12.2 Å². The summed E-state index contributed by atoms with van der Waals surface area (Å²) in [5.41, 5.74) is 0. The molecule has 0 aromatic carbocycles. The Balaban J connectivity index is 2.29. The molecule has 0 saturated carbocycles. The van der Waals surface area contributed by atoms with E-state index in [4.69, 9.17) is 0 Å². The lowest BCUT2D eigenvalue weighted by Gasteiger charge is -2.31. The van der Waals surface area contributed by atoms with Gasteiger partial charge in [-0.3, -0.25) is 0 Å². The van der Waals surface area contributed by atoms with Crippen LogP contribution in [0.2, 0.25) is 0 Å². The van der Waals surface area contributed by atoms with Crippen molar-refractivity contribution >= 4 is 10.0 Å². The normalized spacial score (nSPS) is 20.1. The Morgan fingerprint density at radius 2 is 1.88 bits per heavy atom. The average Bonchev–Trinajstić information content (AvgIpc) is 2.30. The predicted octanol–water partition coefficient (Wildman–Crippen LogP) is 1.05. The molecule has 0 unspecified atom stereocenters. The van der Waals surface area contributed by atoms with Crippen LogP contribution in [-0.2, 0) is 10.0 Å². The maximum absolute atomic E-state index is 11.6. The van der Waals surface area contributed by atoms with E-state index in [0.29, 0.717) is 19.0 Å². The fraction of sp³-hybridized carbons (Fsp3) is 1.00. The summed E-state index contributed by atoms with van der Waals surface area (Å²) in [5.74, 6) is 0.876. The molecule has 0 aliphatic carbocycles. The summed E-state index contributed by atoms with van der Waals surface area (Å²) in [4.78, 5) is 0. The second-order valence-corrected chi connectivity index (χ2v) is 6.70.